The van der Waals surface area contributed by atoms with Gasteiger partial charge in [0.2, 0.25) is 0 Å². The molecule has 2 N–H and O–H groups in total. The van der Waals surface area contributed by atoms with Crippen LogP contribution in [0.3, 0.4) is 0 Å². The number of aliphatic carboxylic acids is 1. The first-order valence-corrected chi connectivity index (χ1v) is 4.10. The quantitative estimate of drug-likeness (QED) is 0.706. The van der Waals surface area contributed by atoms with E-state index in [0.717, 1.165) is 11.4 Å². The molecular weight excluding hydrogens is 211 g/mol. The highest BCUT2D eigenvalue weighted by atomic mass is 19.4. The van der Waals surface area contributed by atoms with Crippen LogP contribution in [-0.2, 0) is 11.0 Å². The van der Waals surface area contributed by atoms with Crippen molar-refractivity contribution >= 4 is 11.7 Å². The molecule has 1 rings (SSSR count). The fourth-order valence-electron chi connectivity index (χ4n) is 1.13. The standard InChI is InChI=1S/C9H8F3NO2/c10-9(11,12)6-3-1-2-4-7(6)13-5-8(14)15/h1-4,13H,5H2,(H,14,15). The number of benzene rings is 1. The minimum Gasteiger partial charge on any atom is -0.544 e. The average molecular weight is 219 g/mol. The molecule has 0 aliphatic carbocycles. The summed E-state index contributed by atoms with van der Waals surface area (Å²) in [5.74, 6) is -1.41. The molecule has 0 spiro atoms. The topological polar surface area (TPSA) is 56.7 Å². The monoisotopic (exact) mass is 219 g/mol. The van der Waals surface area contributed by atoms with E-state index in [0.29, 0.717) is 0 Å². The Morgan fingerprint density at radius 3 is 2.47 bits per heavy atom. The Labute approximate surface area is 83.5 Å². The minimum atomic E-state index is -4.47. The van der Waals surface area contributed by atoms with E-state index in [1.807, 2.05) is 0 Å². The Hall–Kier alpha value is -1.56. The van der Waals surface area contributed by atoms with Crippen LogP contribution in [0.5, 0.6) is 0 Å². The molecule has 0 aliphatic heterocycles. The van der Waals surface area contributed by atoms with Crippen LogP contribution in [0, 0.1) is 0 Å². The molecular formula is C9H8F3NO2. The van der Waals surface area contributed by atoms with E-state index in [2.05, 4.69) is 0 Å². The second kappa shape index (κ2) is 4.31. The van der Waals surface area contributed by atoms with Crippen molar-refractivity contribution in [3.63, 3.8) is 0 Å². The minimum absolute atomic E-state index is 0.144. The smallest absolute Gasteiger partial charge is 0.422 e. The highest BCUT2D eigenvalue weighted by molar-refractivity contribution is 5.65. The van der Waals surface area contributed by atoms with Gasteiger partial charge in [-0.15, -0.1) is 0 Å². The molecule has 0 bridgehead atoms. The van der Waals surface area contributed by atoms with Gasteiger partial charge in [-0.2, -0.15) is 13.2 Å². The molecule has 0 saturated heterocycles. The summed E-state index contributed by atoms with van der Waals surface area (Å²) >= 11 is 0. The predicted molar refractivity (Wildman–Crippen MR) is 42.9 cm³/mol. The maximum absolute atomic E-state index is 12.4. The second-order valence-corrected chi connectivity index (χ2v) is 2.87. The molecule has 0 amide bonds. The van der Waals surface area contributed by atoms with Crippen LogP contribution in [0.15, 0.2) is 24.3 Å². The lowest BCUT2D eigenvalue weighted by Gasteiger charge is -2.10. The fourth-order valence-corrected chi connectivity index (χ4v) is 1.13. The largest absolute Gasteiger partial charge is 0.544 e. The van der Waals surface area contributed by atoms with E-state index in [9.17, 15) is 23.1 Å². The molecule has 6 heteroatoms. The average Bonchev–Trinajstić information content (AvgIpc) is 2.13. The Morgan fingerprint density at radius 1 is 1.33 bits per heavy atom. The van der Waals surface area contributed by atoms with Gasteiger partial charge in [-0.1, -0.05) is 12.1 Å². The summed E-state index contributed by atoms with van der Waals surface area (Å²) in [6, 6.07) is 4.78. The van der Waals surface area contributed by atoms with Crippen LogP contribution in [0.25, 0.3) is 0 Å². The number of carbonyl (C=O) groups is 1. The first-order valence-electron chi connectivity index (χ1n) is 4.10. The third-order valence-corrected chi connectivity index (χ3v) is 1.75. The van der Waals surface area contributed by atoms with Gasteiger partial charge in [0.05, 0.1) is 5.97 Å². The molecule has 0 aliphatic rings. The maximum Gasteiger partial charge on any atom is 0.422 e. The number of para-hydroxylation sites is 1. The van der Waals surface area contributed by atoms with Crippen LogP contribution in [0.2, 0.25) is 0 Å². The summed E-state index contributed by atoms with van der Waals surface area (Å²) in [4.78, 5) is 10.1. The van der Waals surface area contributed by atoms with E-state index in [1.54, 1.807) is 0 Å². The molecule has 1 aromatic carbocycles. The van der Waals surface area contributed by atoms with E-state index < -0.39 is 24.3 Å². The van der Waals surface area contributed by atoms with Gasteiger partial charge in [-0.25, -0.2) is 0 Å². The Kier molecular flexibility index (Phi) is 3.31. The predicted octanol–water partition coefficient (Wildman–Crippen LogP) is -0.350. The van der Waals surface area contributed by atoms with Crippen molar-refractivity contribution in [2.45, 2.75) is 6.18 Å². The lowest BCUT2D eigenvalue weighted by atomic mass is 10.1. The number of carbonyl (C=O) groups excluding carboxylic acids is 1. The van der Waals surface area contributed by atoms with Crippen LogP contribution >= 0.6 is 0 Å². The maximum atomic E-state index is 12.4. The fraction of sp³-hybridized carbons (Fsp3) is 0.222. The number of alkyl halides is 3. The lowest BCUT2D eigenvalue weighted by molar-refractivity contribution is -0.570. The SMILES string of the molecule is O=C([O-])C[NH2+]c1ccccc1C(F)(F)F. The third-order valence-electron chi connectivity index (χ3n) is 1.75. The number of rotatable bonds is 3. The van der Waals surface area contributed by atoms with Gasteiger partial charge < -0.3 is 15.2 Å². The van der Waals surface area contributed by atoms with Crippen molar-refractivity contribution in [2.75, 3.05) is 6.54 Å². The highest BCUT2D eigenvalue weighted by Crippen LogP contribution is 2.32. The summed E-state index contributed by atoms with van der Waals surface area (Å²) in [6.07, 6.45) is -4.47. The Bertz CT molecular complexity index is 363. The number of hydrogen-bond acceptors (Lipinski definition) is 2. The molecule has 0 aromatic heterocycles. The first-order chi connectivity index (χ1) is 6.91. The van der Waals surface area contributed by atoms with Crippen molar-refractivity contribution in [2.24, 2.45) is 0 Å². The van der Waals surface area contributed by atoms with Crippen LogP contribution < -0.4 is 10.4 Å². The normalized spacial score (nSPS) is 11.4. The molecule has 82 valence electrons. The number of carboxylic acids is 1. The molecule has 0 heterocycles. The van der Waals surface area contributed by atoms with Crippen LogP contribution in [0.1, 0.15) is 5.56 Å². The first kappa shape index (κ1) is 11.5. The third kappa shape index (κ3) is 3.25. The lowest BCUT2D eigenvalue weighted by Crippen LogP contribution is -2.81. The number of nitrogens with two attached hydrogens (primary N) is 1. The molecule has 0 radical (unpaired) electrons. The van der Waals surface area contributed by atoms with Gasteiger partial charge in [0.25, 0.3) is 0 Å². The second-order valence-electron chi connectivity index (χ2n) is 2.87. The number of halogens is 3. The highest BCUT2D eigenvalue weighted by Gasteiger charge is 2.34. The number of carboxylic acid groups (broad SMARTS) is 1. The van der Waals surface area contributed by atoms with Gasteiger partial charge >= 0.3 is 6.18 Å². The zero-order valence-corrected chi connectivity index (χ0v) is 7.54. The summed E-state index contributed by atoms with van der Waals surface area (Å²) in [6.45, 7) is -0.535. The number of quaternary nitrogens is 1. The molecule has 0 atom stereocenters. The molecule has 15 heavy (non-hydrogen) atoms. The summed E-state index contributed by atoms with van der Waals surface area (Å²) in [7, 11) is 0. The van der Waals surface area contributed by atoms with Crippen molar-refractivity contribution in [1.29, 1.82) is 0 Å². The molecule has 0 unspecified atom stereocenters. The van der Waals surface area contributed by atoms with Gasteiger partial charge in [0, 0.05) is 0 Å². The van der Waals surface area contributed by atoms with Gasteiger partial charge in [0.1, 0.15) is 17.8 Å². The molecule has 3 nitrogen and oxygen atoms in total. The summed E-state index contributed by atoms with van der Waals surface area (Å²) in [5, 5.41) is 11.1. The van der Waals surface area contributed by atoms with Crippen molar-refractivity contribution in [1.82, 2.24) is 0 Å². The van der Waals surface area contributed by atoms with Crippen molar-refractivity contribution in [3.8, 4) is 0 Å². The van der Waals surface area contributed by atoms with E-state index >= 15 is 0 Å². The van der Waals surface area contributed by atoms with Crippen LogP contribution in [0.4, 0.5) is 18.9 Å². The van der Waals surface area contributed by atoms with Crippen molar-refractivity contribution in [3.05, 3.63) is 29.8 Å². The van der Waals surface area contributed by atoms with E-state index in [4.69, 9.17) is 0 Å². The number of hydrogen-bond donors (Lipinski definition) is 1. The van der Waals surface area contributed by atoms with Crippen LogP contribution in [-0.4, -0.2) is 12.5 Å². The van der Waals surface area contributed by atoms with E-state index in [1.165, 1.54) is 18.2 Å². The zero-order valence-electron chi connectivity index (χ0n) is 7.54. The molecule has 0 fully saturated rings. The van der Waals surface area contributed by atoms with Gasteiger partial charge in [0.15, 0.2) is 0 Å². The summed E-state index contributed by atoms with van der Waals surface area (Å²) in [5.41, 5.74) is -0.986. The zero-order chi connectivity index (χ0) is 11.5. The van der Waals surface area contributed by atoms with E-state index in [-0.39, 0.29) is 5.69 Å². The van der Waals surface area contributed by atoms with Crippen molar-refractivity contribution < 1.29 is 28.4 Å². The van der Waals surface area contributed by atoms with Gasteiger partial charge in [-0.3, -0.25) is 0 Å². The Balaban J connectivity index is 2.92. The molecule has 1 aromatic rings. The van der Waals surface area contributed by atoms with Gasteiger partial charge in [-0.05, 0) is 12.1 Å². The molecule has 0 saturated carbocycles. The summed E-state index contributed by atoms with van der Waals surface area (Å²) < 4.78 is 37.2. The Morgan fingerprint density at radius 2 is 1.93 bits per heavy atom.